The van der Waals surface area contributed by atoms with Crippen LogP contribution in [0.4, 0.5) is 5.69 Å². The molecule has 1 aromatic carbocycles. The van der Waals surface area contributed by atoms with E-state index < -0.39 is 0 Å². The third-order valence-electron chi connectivity index (χ3n) is 1.98. The zero-order valence-electron chi connectivity index (χ0n) is 7.79. The zero-order chi connectivity index (χ0) is 8.43. The van der Waals surface area contributed by atoms with Crippen molar-refractivity contribution in [2.75, 3.05) is 5.73 Å². The normalized spacial score (nSPS) is 9.67. The van der Waals surface area contributed by atoms with Gasteiger partial charge in [-0.25, -0.2) is 0 Å². The first-order valence-corrected chi connectivity index (χ1v) is 3.98. The van der Waals surface area contributed by atoms with E-state index in [4.69, 9.17) is 5.73 Å². The van der Waals surface area contributed by atoms with Crippen LogP contribution in [0.5, 0.6) is 0 Å². The molecule has 2 heteroatoms. The minimum atomic E-state index is 0. The Labute approximate surface area is 80.4 Å². The quantitative estimate of drug-likeness (QED) is 0.669. The number of anilines is 1. The molecule has 1 nitrogen and oxygen atoms in total. The van der Waals surface area contributed by atoms with Gasteiger partial charge in [-0.1, -0.05) is 32.0 Å². The van der Waals surface area contributed by atoms with Gasteiger partial charge in [0.25, 0.3) is 0 Å². The van der Waals surface area contributed by atoms with E-state index >= 15 is 0 Å². The van der Waals surface area contributed by atoms with E-state index in [0.29, 0.717) is 5.92 Å². The van der Waals surface area contributed by atoms with Crippen LogP contribution >= 0.6 is 12.4 Å². The van der Waals surface area contributed by atoms with Crippen LogP contribution in [0.25, 0.3) is 0 Å². The molecule has 1 aromatic rings. The minimum Gasteiger partial charge on any atom is -0.398 e. The maximum Gasteiger partial charge on any atom is 0.0378 e. The SMILES string of the molecule is Cc1cccc(C(C)C)c1N.Cl. The van der Waals surface area contributed by atoms with E-state index in [-0.39, 0.29) is 12.4 Å². The maximum absolute atomic E-state index is 5.88. The summed E-state index contributed by atoms with van der Waals surface area (Å²) in [6.45, 7) is 6.36. The van der Waals surface area contributed by atoms with Crippen LogP contribution < -0.4 is 5.73 Å². The molecule has 0 unspecified atom stereocenters. The molecule has 0 aliphatic heterocycles. The van der Waals surface area contributed by atoms with Gasteiger partial charge in [0.2, 0.25) is 0 Å². The van der Waals surface area contributed by atoms with Crippen molar-refractivity contribution in [2.24, 2.45) is 0 Å². The van der Waals surface area contributed by atoms with Gasteiger partial charge in [0, 0.05) is 5.69 Å². The van der Waals surface area contributed by atoms with Gasteiger partial charge in [-0.2, -0.15) is 0 Å². The van der Waals surface area contributed by atoms with Gasteiger partial charge in [-0.05, 0) is 24.0 Å². The molecular formula is C10H16ClN. The van der Waals surface area contributed by atoms with E-state index in [1.54, 1.807) is 0 Å². The summed E-state index contributed by atoms with van der Waals surface area (Å²) < 4.78 is 0. The standard InChI is InChI=1S/C10H15N.ClH/c1-7(2)9-6-4-5-8(3)10(9)11;/h4-7H,11H2,1-3H3;1H. The highest BCUT2D eigenvalue weighted by Crippen LogP contribution is 2.23. The Bertz CT molecular complexity index is 256. The molecule has 0 saturated heterocycles. The third kappa shape index (κ3) is 2.15. The number of para-hydroxylation sites is 1. The number of rotatable bonds is 1. The van der Waals surface area contributed by atoms with Crippen LogP contribution in [-0.4, -0.2) is 0 Å². The number of benzene rings is 1. The number of halogens is 1. The van der Waals surface area contributed by atoms with Gasteiger partial charge in [-0.3, -0.25) is 0 Å². The molecule has 0 aromatic heterocycles. The van der Waals surface area contributed by atoms with Crippen molar-refractivity contribution in [3.05, 3.63) is 29.3 Å². The minimum absolute atomic E-state index is 0. The molecule has 0 aliphatic rings. The number of hydrogen-bond acceptors (Lipinski definition) is 1. The molecule has 0 heterocycles. The van der Waals surface area contributed by atoms with Gasteiger partial charge >= 0.3 is 0 Å². The van der Waals surface area contributed by atoms with Gasteiger partial charge in [0.05, 0.1) is 0 Å². The van der Waals surface area contributed by atoms with Crippen LogP contribution in [-0.2, 0) is 0 Å². The second-order valence-electron chi connectivity index (χ2n) is 3.23. The van der Waals surface area contributed by atoms with Crippen LogP contribution in [0.2, 0.25) is 0 Å². The lowest BCUT2D eigenvalue weighted by Gasteiger charge is -2.10. The highest BCUT2D eigenvalue weighted by atomic mass is 35.5. The second kappa shape index (κ2) is 4.36. The Morgan fingerprint density at radius 1 is 1.25 bits per heavy atom. The van der Waals surface area contributed by atoms with Crippen molar-refractivity contribution in [1.82, 2.24) is 0 Å². The van der Waals surface area contributed by atoms with Crippen molar-refractivity contribution in [2.45, 2.75) is 26.7 Å². The first-order chi connectivity index (χ1) is 5.13. The van der Waals surface area contributed by atoms with Crippen LogP contribution in [0.15, 0.2) is 18.2 Å². The molecule has 0 fully saturated rings. The van der Waals surface area contributed by atoms with E-state index in [1.807, 2.05) is 13.0 Å². The second-order valence-corrected chi connectivity index (χ2v) is 3.23. The third-order valence-corrected chi connectivity index (χ3v) is 1.98. The summed E-state index contributed by atoms with van der Waals surface area (Å²) in [5.74, 6) is 0.523. The molecular weight excluding hydrogens is 170 g/mol. The van der Waals surface area contributed by atoms with Gasteiger partial charge in [0.1, 0.15) is 0 Å². The first kappa shape index (κ1) is 11.3. The van der Waals surface area contributed by atoms with Crippen molar-refractivity contribution in [1.29, 1.82) is 0 Å². The van der Waals surface area contributed by atoms with Gasteiger partial charge < -0.3 is 5.73 Å². The maximum atomic E-state index is 5.88. The number of aryl methyl sites for hydroxylation is 1. The Morgan fingerprint density at radius 2 is 1.83 bits per heavy atom. The van der Waals surface area contributed by atoms with Crippen molar-refractivity contribution < 1.29 is 0 Å². The Morgan fingerprint density at radius 3 is 2.25 bits per heavy atom. The number of hydrogen-bond donors (Lipinski definition) is 1. The number of nitrogens with two attached hydrogens (primary N) is 1. The summed E-state index contributed by atoms with van der Waals surface area (Å²) in [5, 5.41) is 0. The van der Waals surface area contributed by atoms with Crippen molar-refractivity contribution >= 4 is 18.1 Å². The average Bonchev–Trinajstić information content (AvgIpc) is 1.94. The lowest BCUT2D eigenvalue weighted by Crippen LogP contribution is -1.98. The van der Waals surface area contributed by atoms with E-state index in [9.17, 15) is 0 Å². The summed E-state index contributed by atoms with van der Waals surface area (Å²) in [4.78, 5) is 0. The Kier molecular flexibility index (Phi) is 4.11. The van der Waals surface area contributed by atoms with Crippen LogP contribution in [0.3, 0.4) is 0 Å². The van der Waals surface area contributed by atoms with Crippen molar-refractivity contribution in [3.8, 4) is 0 Å². The molecule has 0 atom stereocenters. The van der Waals surface area contributed by atoms with Crippen LogP contribution in [0, 0.1) is 6.92 Å². The first-order valence-electron chi connectivity index (χ1n) is 3.98. The van der Waals surface area contributed by atoms with Crippen LogP contribution in [0.1, 0.15) is 30.9 Å². The fourth-order valence-electron chi connectivity index (χ4n) is 1.21. The van der Waals surface area contributed by atoms with E-state index in [1.165, 1.54) is 11.1 Å². The highest BCUT2D eigenvalue weighted by molar-refractivity contribution is 5.85. The highest BCUT2D eigenvalue weighted by Gasteiger charge is 2.03. The Balaban J connectivity index is 0.00000121. The summed E-state index contributed by atoms with van der Waals surface area (Å²) in [7, 11) is 0. The predicted octanol–water partition coefficient (Wildman–Crippen LogP) is 3.12. The zero-order valence-corrected chi connectivity index (χ0v) is 8.61. The molecule has 0 saturated carbocycles. The van der Waals surface area contributed by atoms with Gasteiger partial charge in [-0.15, -0.1) is 12.4 Å². The molecule has 0 bridgehead atoms. The fourth-order valence-corrected chi connectivity index (χ4v) is 1.21. The Hall–Kier alpha value is -0.690. The van der Waals surface area contributed by atoms with Gasteiger partial charge in [0.15, 0.2) is 0 Å². The molecule has 12 heavy (non-hydrogen) atoms. The largest absolute Gasteiger partial charge is 0.398 e. The molecule has 1 rings (SSSR count). The van der Waals surface area contributed by atoms with E-state index in [2.05, 4.69) is 26.0 Å². The lowest BCUT2D eigenvalue weighted by atomic mass is 9.99. The molecule has 0 aliphatic carbocycles. The molecule has 0 radical (unpaired) electrons. The summed E-state index contributed by atoms with van der Waals surface area (Å²) in [5.41, 5.74) is 9.26. The average molecular weight is 186 g/mol. The smallest absolute Gasteiger partial charge is 0.0378 e. The van der Waals surface area contributed by atoms with E-state index in [0.717, 1.165) is 5.69 Å². The summed E-state index contributed by atoms with van der Waals surface area (Å²) in [6.07, 6.45) is 0. The predicted molar refractivity (Wildman–Crippen MR) is 56.9 cm³/mol. The number of nitrogen functional groups attached to an aromatic ring is 1. The lowest BCUT2D eigenvalue weighted by molar-refractivity contribution is 0.868. The molecule has 0 spiro atoms. The molecule has 2 N–H and O–H groups in total. The fraction of sp³-hybridized carbons (Fsp3) is 0.400. The molecule has 0 amide bonds. The monoisotopic (exact) mass is 185 g/mol. The molecule has 68 valence electrons. The summed E-state index contributed by atoms with van der Waals surface area (Å²) in [6, 6.07) is 6.19. The van der Waals surface area contributed by atoms with Crippen molar-refractivity contribution in [3.63, 3.8) is 0 Å². The topological polar surface area (TPSA) is 26.0 Å². The summed E-state index contributed by atoms with van der Waals surface area (Å²) >= 11 is 0.